The molecule has 0 aromatic carbocycles. The lowest BCUT2D eigenvalue weighted by molar-refractivity contribution is -0.143. The van der Waals surface area contributed by atoms with Crippen LogP contribution < -0.4 is 10.1 Å². The Bertz CT molecular complexity index is 708. The van der Waals surface area contributed by atoms with E-state index >= 15 is 0 Å². The molecule has 2 saturated heterocycles. The van der Waals surface area contributed by atoms with Crippen LogP contribution in [-0.4, -0.2) is 77.6 Å². The van der Waals surface area contributed by atoms with E-state index in [0.717, 1.165) is 25.9 Å². The first-order chi connectivity index (χ1) is 14.1. The molecule has 9 nitrogen and oxygen atoms in total. The number of hydrogen-bond acceptors (Lipinski definition) is 6. The third-order valence-electron chi connectivity index (χ3n) is 5.07. The van der Waals surface area contributed by atoms with Gasteiger partial charge in [-0.15, -0.1) is 0 Å². The number of pyridine rings is 1. The molecule has 9 heteroatoms. The summed E-state index contributed by atoms with van der Waals surface area (Å²) in [6.07, 6.45) is 5.46. The minimum absolute atomic E-state index is 0.0414. The van der Waals surface area contributed by atoms with Gasteiger partial charge in [0.15, 0.2) is 0 Å². The molecule has 0 saturated carbocycles. The summed E-state index contributed by atoms with van der Waals surface area (Å²) in [5, 5.41) is 2.72. The van der Waals surface area contributed by atoms with E-state index in [-0.39, 0.29) is 37.0 Å². The zero-order valence-electron chi connectivity index (χ0n) is 16.7. The van der Waals surface area contributed by atoms with Crippen molar-refractivity contribution in [1.29, 1.82) is 0 Å². The first-order valence-electron chi connectivity index (χ1n) is 10.1. The lowest BCUT2D eigenvalue weighted by Crippen LogP contribution is -2.50. The number of rotatable bonds is 7. The van der Waals surface area contributed by atoms with Crippen molar-refractivity contribution < 1.29 is 23.9 Å². The number of aromatic nitrogens is 1. The fourth-order valence-electron chi connectivity index (χ4n) is 3.71. The van der Waals surface area contributed by atoms with E-state index in [4.69, 9.17) is 9.47 Å². The predicted octanol–water partition coefficient (Wildman–Crippen LogP) is 1.19. The Morgan fingerprint density at radius 2 is 2.07 bits per heavy atom. The van der Waals surface area contributed by atoms with Crippen LogP contribution in [0.5, 0.6) is 5.75 Å². The summed E-state index contributed by atoms with van der Waals surface area (Å²) in [4.78, 5) is 44.6. The van der Waals surface area contributed by atoms with Crippen molar-refractivity contribution in [2.45, 2.75) is 44.8 Å². The summed E-state index contributed by atoms with van der Waals surface area (Å²) < 4.78 is 10.8. The highest BCUT2D eigenvalue weighted by Gasteiger charge is 2.42. The normalized spacial score (nSPS) is 21.1. The lowest BCUT2D eigenvalue weighted by atomic mass is 10.1. The van der Waals surface area contributed by atoms with Gasteiger partial charge in [0.2, 0.25) is 5.91 Å². The zero-order chi connectivity index (χ0) is 20.6. The maximum absolute atomic E-state index is 13.0. The van der Waals surface area contributed by atoms with Crippen molar-refractivity contribution in [2.24, 2.45) is 0 Å². The largest absolute Gasteiger partial charge is 0.487 e. The number of amides is 3. The third kappa shape index (κ3) is 5.58. The standard InChI is InChI=1S/C20H28N4O5/c1-2-28-18(25)7-9-22-20(27)24-14-16(29-15-6-5-8-21-13-15)12-17(24)19(26)23-10-3-4-11-23/h5-6,8,13,16-17H,2-4,7,9-12,14H2,1H3,(H,22,27)/t16-,17-/m0/s1. The van der Waals surface area contributed by atoms with Crippen molar-refractivity contribution in [3.8, 4) is 5.75 Å². The van der Waals surface area contributed by atoms with Crippen LogP contribution in [-0.2, 0) is 14.3 Å². The average molecular weight is 404 g/mol. The topological polar surface area (TPSA) is 101 Å². The number of likely N-dealkylation sites (tertiary alicyclic amines) is 2. The Labute approximate surface area is 170 Å². The number of urea groups is 1. The molecule has 1 aromatic heterocycles. The summed E-state index contributed by atoms with van der Waals surface area (Å²) >= 11 is 0. The molecule has 0 aliphatic carbocycles. The number of ether oxygens (including phenoxy) is 2. The molecule has 158 valence electrons. The van der Waals surface area contributed by atoms with E-state index in [9.17, 15) is 14.4 Å². The van der Waals surface area contributed by atoms with E-state index in [2.05, 4.69) is 10.3 Å². The quantitative estimate of drug-likeness (QED) is 0.685. The third-order valence-corrected chi connectivity index (χ3v) is 5.07. The smallest absolute Gasteiger partial charge is 0.318 e. The Hall–Kier alpha value is -2.84. The van der Waals surface area contributed by atoms with Gasteiger partial charge in [-0.1, -0.05) is 0 Å². The van der Waals surface area contributed by atoms with Gasteiger partial charge in [0.25, 0.3) is 0 Å². The molecule has 1 N–H and O–H groups in total. The van der Waals surface area contributed by atoms with Crippen LogP contribution in [0.15, 0.2) is 24.5 Å². The molecule has 0 radical (unpaired) electrons. The second-order valence-electron chi connectivity index (χ2n) is 7.15. The summed E-state index contributed by atoms with van der Waals surface area (Å²) in [5.74, 6) is 0.200. The van der Waals surface area contributed by atoms with E-state index < -0.39 is 6.04 Å². The Morgan fingerprint density at radius 1 is 1.28 bits per heavy atom. The van der Waals surface area contributed by atoms with Crippen LogP contribution >= 0.6 is 0 Å². The van der Waals surface area contributed by atoms with Gasteiger partial charge in [0.1, 0.15) is 17.9 Å². The van der Waals surface area contributed by atoms with Crippen LogP contribution in [0.1, 0.15) is 32.6 Å². The average Bonchev–Trinajstić information content (AvgIpc) is 3.39. The summed E-state index contributed by atoms with van der Waals surface area (Å²) in [5.41, 5.74) is 0. The molecule has 2 aliphatic rings. The van der Waals surface area contributed by atoms with Crippen LogP contribution in [0.2, 0.25) is 0 Å². The molecule has 3 amide bonds. The Balaban J connectivity index is 1.62. The van der Waals surface area contributed by atoms with E-state index in [1.807, 2.05) is 4.90 Å². The van der Waals surface area contributed by atoms with Crippen molar-refractivity contribution in [2.75, 3.05) is 32.8 Å². The van der Waals surface area contributed by atoms with Crippen molar-refractivity contribution in [1.82, 2.24) is 20.1 Å². The molecule has 0 spiro atoms. The van der Waals surface area contributed by atoms with Crippen LogP contribution in [0.3, 0.4) is 0 Å². The zero-order valence-corrected chi connectivity index (χ0v) is 16.7. The molecular formula is C20H28N4O5. The van der Waals surface area contributed by atoms with Crippen LogP contribution in [0.4, 0.5) is 4.79 Å². The molecule has 3 rings (SSSR count). The molecule has 29 heavy (non-hydrogen) atoms. The van der Waals surface area contributed by atoms with Crippen molar-refractivity contribution in [3.05, 3.63) is 24.5 Å². The SMILES string of the molecule is CCOC(=O)CCNC(=O)N1C[C@@H](Oc2cccnc2)C[C@H]1C(=O)N1CCCC1. The number of nitrogens with one attached hydrogen (secondary N) is 1. The fraction of sp³-hybridized carbons (Fsp3) is 0.600. The number of hydrogen-bond donors (Lipinski definition) is 1. The maximum Gasteiger partial charge on any atom is 0.318 e. The number of carbonyl (C=O) groups excluding carboxylic acids is 3. The van der Waals surface area contributed by atoms with Gasteiger partial charge in [-0.2, -0.15) is 0 Å². The summed E-state index contributed by atoms with van der Waals surface area (Å²) in [6.45, 7) is 3.94. The highest BCUT2D eigenvalue weighted by atomic mass is 16.5. The predicted molar refractivity (Wildman–Crippen MR) is 104 cm³/mol. The molecule has 2 fully saturated rings. The van der Waals surface area contributed by atoms with Gasteiger partial charge in [0, 0.05) is 32.3 Å². The number of carbonyl (C=O) groups is 3. The van der Waals surface area contributed by atoms with E-state index in [1.54, 1.807) is 31.5 Å². The maximum atomic E-state index is 13.0. The summed E-state index contributed by atoms with van der Waals surface area (Å²) in [7, 11) is 0. The number of esters is 1. The Kier molecular flexibility index (Phi) is 7.26. The second kappa shape index (κ2) is 10.1. The molecular weight excluding hydrogens is 376 g/mol. The van der Waals surface area contributed by atoms with Gasteiger partial charge in [-0.05, 0) is 31.9 Å². The monoisotopic (exact) mass is 404 g/mol. The van der Waals surface area contributed by atoms with Gasteiger partial charge in [-0.3, -0.25) is 14.6 Å². The highest BCUT2D eigenvalue weighted by molar-refractivity contribution is 5.88. The minimum atomic E-state index is -0.572. The van der Waals surface area contributed by atoms with E-state index in [0.29, 0.717) is 25.3 Å². The van der Waals surface area contributed by atoms with Crippen LogP contribution in [0.25, 0.3) is 0 Å². The lowest BCUT2D eigenvalue weighted by Gasteiger charge is -2.27. The molecule has 0 bridgehead atoms. The first kappa shape index (κ1) is 20.9. The van der Waals surface area contributed by atoms with Crippen LogP contribution in [0, 0.1) is 0 Å². The number of nitrogens with zero attached hydrogens (tertiary/aromatic N) is 3. The van der Waals surface area contributed by atoms with Gasteiger partial charge in [-0.25, -0.2) is 4.79 Å². The second-order valence-corrected chi connectivity index (χ2v) is 7.15. The van der Waals surface area contributed by atoms with Gasteiger partial charge < -0.3 is 24.6 Å². The molecule has 1 aromatic rings. The van der Waals surface area contributed by atoms with Gasteiger partial charge >= 0.3 is 12.0 Å². The fourth-order valence-corrected chi connectivity index (χ4v) is 3.71. The molecule has 0 unspecified atom stereocenters. The highest BCUT2D eigenvalue weighted by Crippen LogP contribution is 2.25. The molecule has 2 aliphatic heterocycles. The summed E-state index contributed by atoms with van der Waals surface area (Å²) in [6, 6.07) is 2.63. The molecule has 3 heterocycles. The minimum Gasteiger partial charge on any atom is -0.487 e. The van der Waals surface area contributed by atoms with Crippen molar-refractivity contribution in [3.63, 3.8) is 0 Å². The first-order valence-corrected chi connectivity index (χ1v) is 10.1. The van der Waals surface area contributed by atoms with Gasteiger partial charge in [0.05, 0.1) is 25.8 Å². The molecule has 2 atom stereocenters. The van der Waals surface area contributed by atoms with E-state index in [1.165, 1.54) is 4.90 Å². The van der Waals surface area contributed by atoms with Crippen molar-refractivity contribution >= 4 is 17.9 Å². The Morgan fingerprint density at radius 3 is 2.76 bits per heavy atom.